The molecule has 4 aliphatic rings. The minimum absolute atomic E-state index is 0.0350. The Hall–Kier alpha value is -1.72. The molecule has 10 atom stereocenters. The fourth-order valence-corrected chi connectivity index (χ4v) is 10.2. The van der Waals surface area contributed by atoms with Gasteiger partial charge in [0.15, 0.2) is 0 Å². The predicted molar refractivity (Wildman–Crippen MR) is 147 cm³/mol. The molecule has 1 aromatic carbocycles. The lowest BCUT2D eigenvalue weighted by Crippen LogP contribution is -2.58. The molecule has 37 heavy (non-hydrogen) atoms. The lowest BCUT2D eigenvalue weighted by Gasteiger charge is -2.62. The molecule has 0 spiro atoms. The minimum Gasteiger partial charge on any atom is -0.393 e. The molecular weight excluding hydrogens is 460 g/mol. The van der Waals surface area contributed by atoms with Crippen LogP contribution in [-0.4, -0.2) is 32.4 Å². The largest absolute Gasteiger partial charge is 0.393 e. The average molecular weight is 507 g/mol. The molecule has 0 aliphatic heterocycles. The first kappa shape index (κ1) is 25.6. The molecular formula is C32H46N2O3. The van der Waals surface area contributed by atoms with Gasteiger partial charge in [0.05, 0.1) is 23.1 Å². The fourth-order valence-electron chi connectivity index (χ4n) is 10.2. The van der Waals surface area contributed by atoms with E-state index in [1.54, 1.807) is 0 Å². The third-order valence-corrected chi connectivity index (χ3v) is 12.2. The molecule has 5 heteroatoms. The number of aryl methyl sites for hydroxylation is 2. The van der Waals surface area contributed by atoms with E-state index in [4.69, 9.17) is 4.98 Å². The van der Waals surface area contributed by atoms with Crippen molar-refractivity contribution in [2.45, 2.75) is 104 Å². The highest BCUT2D eigenvalue weighted by atomic mass is 16.3. The smallest absolute Gasteiger partial charge is 0.258 e. The van der Waals surface area contributed by atoms with Gasteiger partial charge in [-0.25, -0.2) is 4.98 Å². The number of aromatic nitrogens is 2. The normalized spacial score (nSPS) is 42.2. The summed E-state index contributed by atoms with van der Waals surface area (Å²) in [6.45, 7) is 9.47. The van der Waals surface area contributed by atoms with Gasteiger partial charge in [-0.3, -0.25) is 4.79 Å². The Morgan fingerprint density at radius 3 is 2.62 bits per heavy atom. The van der Waals surface area contributed by atoms with Gasteiger partial charge < -0.3 is 15.2 Å². The third-order valence-electron chi connectivity index (χ3n) is 12.2. The second-order valence-corrected chi connectivity index (χ2v) is 14.0. The highest BCUT2D eigenvalue weighted by molar-refractivity contribution is 5.78. The summed E-state index contributed by atoms with van der Waals surface area (Å²) in [5, 5.41) is 22.5. The molecule has 0 radical (unpaired) electrons. The second-order valence-electron chi connectivity index (χ2n) is 14.0. The Morgan fingerprint density at radius 1 is 1.05 bits per heavy atom. The van der Waals surface area contributed by atoms with Crippen LogP contribution in [0.1, 0.15) is 89.9 Å². The fraction of sp³-hybridized carbons (Fsp3) is 0.750. The monoisotopic (exact) mass is 506 g/mol. The van der Waals surface area contributed by atoms with Crippen LogP contribution < -0.4 is 5.56 Å². The van der Waals surface area contributed by atoms with Gasteiger partial charge in [0.25, 0.3) is 5.56 Å². The van der Waals surface area contributed by atoms with E-state index in [0.717, 1.165) is 55.4 Å². The lowest BCUT2D eigenvalue weighted by molar-refractivity contribution is -0.174. The van der Waals surface area contributed by atoms with Crippen molar-refractivity contribution in [2.75, 3.05) is 0 Å². The number of aliphatic hydroxyl groups excluding tert-OH is 2. The van der Waals surface area contributed by atoms with Crippen molar-refractivity contribution < 1.29 is 10.2 Å². The van der Waals surface area contributed by atoms with Crippen molar-refractivity contribution in [3.8, 4) is 0 Å². The third kappa shape index (κ3) is 4.11. The molecule has 4 aliphatic carbocycles. The van der Waals surface area contributed by atoms with Crippen LogP contribution in [0.25, 0.3) is 10.9 Å². The quantitative estimate of drug-likeness (QED) is 0.490. The maximum Gasteiger partial charge on any atom is 0.258 e. The van der Waals surface area contributed by atoms with E-state index in [0.29, 0.717) is 40.9 Å². The van der Waals surface area contributed by atoms with Gasteiger partial charge in [0.2, 0.25) is 0 Å². The molecule has 1 aromatic heterocycles. The molecule has 1 unspecified atom stereocenters. The Labute approximate surface area is 221 Å². The molecule has 3 N–H and O–H groups in total. The standard InChI is InChI=1S/C32H46N2O3/c1-18-5-7-22-26(15-18)33-28(34-30(22)37)10-6-19(2)23-8-9-24-29-25(12-14-32(23,24)4)31(3)13-11-21(35)16-20(31)17-27(29)36/h5,7,15,19-21,23-25,27,29,35-36H,6,8-14,16-17H2,1-4H3,(H,33,34,37)/t19-,20+,21-,23-,24+,25?,27+,29+,31+,32-/m1/s1. The molecule has 4 saturated carbocycles. The molecule has 6 rings (SSSR count). The Morgan fingerprint density at radius 2 is 1.81 bits per heavy atom. The molecule has 2 aromatic rings. The van der Waals surface area contributed by atoms with E-state index in [-0.39, 0.29) is 28.6 Å². The number of benzene rings is 1. The van der Waals surface area contributed by atoms with Crippen LogP contribution in [-0.2, 0) is 6.42 Å². The van der Waals surface area contributed by atoms with E-state index < -0.39 is 0 Å². The maximum absolute atomic E-state index is 12.6. The van der Waals surface area contributed by atoms with Crippen molar-refractivity contribution >= 4 is 10.9 Å². The molecule has 202 valence electrons. The first-order chi connectivity index (χ1) is 17.6. The van der Waals surface area contributed by atoms with Crippen LogP contribution in [0.3, 0.4) is 0 Å². The number of rotatable bonds is 4. The van der Waals surface area contributed by atoms with Gasteiger partial charge in [0.1, 0.15) is 5.82 Å². The Kier molecular flexibility index (Phi) is 6.35. The van der Waals surface area contributed by atoms with Crippen LogP contribution in [0.5, 0.6) is 0 Å². The van der Waals surface area contributed by atoms with Gasteiger partial charge in [-0.05, 0) is 129 Å². The van der Waals surface area contributed by atoms with E-state index in [1.165, 1.54) is 25.7 Å². The number of aromatic amines is 1. The number of hydrogen-bond acceptors (Lipinski definition) is 4. The summed E-state index contributed by atoms with van der Waals surface area (Å²) in [6, 6.07) is 5.84. The summed E-state index contributed by atoms with van der Waals surface area (Å²) < 4.78 is 0. The summed E-state index contributed by atoms with van der Waals surface area (Å²) in [5.74, 6) is 4.08. The molecule has 0 bridgehead atoms. The zero-order valence-electron chi connectivity index (χ0n) is 23.2. The second kappa shape index (κ2) is 9.19. The molecule has 0 saturated heterocycles. The summed E-state index contributed by atoms with van der Waals surface area (Å²) in [7, 11) is 0. The Balaban J connectivity index is 1.18. The summed E-state index contributed by atoms with van der Waals surface area (Å²) in [6.07, 6.45) is 10.2. The maximum atomic E-state index is 12.6. The topological polar surface area (TPSA) is 86.2 Å². The van der Waals surface area contributed by atoms with Gasteiger partial charge in [-0.15, -0.1) is 0 Å². The SMILES string of the molecule is Cc1ccc2c(=O)[nH]c(CC[C@@H](C)[C@H]3CC[C@H]4[C@H]5C(CC[C@]34C)[C@@]3(C)CC[C@@H](O)C[C@H]3C[C@@H]5O)nc2c1. The van der Waals surface area contributed by atoms with Crippen molar-refractivity contribution in [3.63, 3.8) is 0 Å². The lowest BCUT2D eigenvalue weighted by atomic mass is 9.43. The van der Waals surface area contributed by atoms with Crippen molar-refractivity contribution in [1.29, 1.82) is 0 Å². The minimum atomic E-state index is -0.220. The highest BCUT2D eigenvalue weighted by Gasteiger charge is 2.62. The molecule has 1 heterocycles. The predicted octanol–water partition coefficient (Wildman–Crippen LogP) is 5.79. The number of H-pyrrole nitrogens is 1. The Bertz CT molecular complexity index is 1220. The molecule has 0 amide bonds. The highest BCUT2D eigenvalue weighted by Crippen LogP contribution is 2.68. The molecule has 4 fully saturated rings. The first-order valence-electron chi connectivity index (χ1n) is 15.0. The summed E-state index contributed by atoms with van der Waals surface area (Å²) in [5.41, 5.74) is 2.44. The molecule has 5 nitrogen and oxygen atoms in total. The van der Waals surface area contributed by atoms with Crippen LogP contribution in [0.2, 0.25) is 0 Å². The van der Waals surface area contributed by atoms with Crippen LogP contribution in [0, 0.1) is 53.3 Å². The number of hydrogen-bond donors (Lipinski definition) is 3. The average Bonchev–Trinajstić information content (AvgIpc) is 3.20. The number of nitrogens with one attached hydrogen (secondary N) is 1. The summed E-state index contributed by atoms with van der Waals surface area (Å²) in [4.78, 5) is 20.5. The van der Waals surface area contributed by atoms with Crippen molar-refractivity contribution in [2.24, 2.45) is 46.3 Å². The van der Waals surface area contributed by atoms with Gasteiger partial charge in [-0.1, -0.05) is 26.8 Å². The first-order valence-corrected chi connectivity index (χ1v) is 15.0. The summed E-state index contributed by atoms with van der Waals surface area (Å²) >= 11 is 0. The van der Waals surface area contributed by atoms with Crippen molar-refractivity contribution in [3.05, 3.63) is 39.9 Å². The number of nitrogens with zero attached hydrogens (tertiary/aromatic N) is 1. The van der Waals surface area contributed by atoms with E-state index in [1.807, 2.05) is 25.1 Å². The van der Waals surface area contributed by atoms with Gasteiger partial charge >= 0.3 is 0 Å². The zero-order valence-corrected chi connectivity index (χ0v) is 23.2. The van der Waals surface area contributed by atoms with Gasteiger partial charge in [0, 0.05) is 6.42 Å². The number of aliphatic hydroxyl groups is 2. The van der Waals surface area contributed by atoms with E-state index in [9.17, 15) is 15.0 Å². The zero-order chi connectivity index (χ0) is 26.1. The van der Waals surface area contributed by atoms with Crippen LogP contribution >= 0.6 is 0 Å². The van der Waals surface area contributed by atoms with Crippen molar-refractivity contribution in [1.82, 2.24) is 9.97 Å². The van der Waals surface area contributed by atoms with Crippen LogP contribution in [0.15, 0.2) is 23.0 Å². The van der Waals surface area contributed by atoms with Gasteiger partial charge in [-0.2, -0.15) is 0 Å². The number of fused-ring (bicyclic) bond motifs is 6. The van der Waals surface area contributed by atoms with Crippen LogP contribution in [0.4, 0.5) is 0 Å². The van der Waals surface area contributed by atoms with E-state index >= 15 is 0 Å². The van der Waals surface area contributed by atoms with E-state index in [2.05, 4.69) is 25.8 Å².